The number of fused-ring (bicyclic) bond motifs is 2. The molecule has 1 spiro atoms. The van der Waals surface area contributed by atoms with Crippen LogP contribution in [-0.2, 0) is 16.6 Å². The molecule has 1 unspecified atom stereocenters. The lowest BCUT2D eigenvalue weighted by atomic mass is 9.79. The Hall–Kier alpha value is -1.11. The molecule has 1 aromatic rings. The maximum atomic E-state index is 12.0. The fourth-order valence-corrected chi connectivity index (χ4v) is 3.17. The minimum atomic E-state index is -0.0589. The quantitative estimate of drug-likeness (QED) is 0.608. The second-order valence-corrected chi connectivity index (χ2v) is 4.52. The second kappa shape index (κ2) is 2.69. The van der Waals surface area contributed by atoms with E-state index in [2.05, 4.69) is 24.3 Å². The zero-order chi connectivity index (χ0) is 9.60. The van der Waals surface area contributed by atoms with E-state index in [1.807, 2.05) is 0 Å². The lowest BCUT2D eigenvalue weighted by Gasteiger charge is -2.22. The summed E-state index contributed by atoms with van der Waals surface area (Å²) < 4.78 is 0. The first kappa shape index (κ1) is 8.22. The van der Waals surface area contributed by atoms with Crippen LogP contribution in [0.2, 0.25) is 0 Å². The van der Waals surface area contributed by atoms with Gasteiger partial charge in [0.2, 0.25) is 0 Å². The van der Waals surface area contributed by atoms with E-state index in [0.717, 1.165) is 32.1 Å². The summed E-state index contributed by atoms with van der Waals surface area (Å²) in [6, 6.07) is 8.48. The molecule has 0 saturated heterocycles. The molecule has 1 heteroatoms. The summed E-state index contributed by atoms with van der Waals surface area (Å²) in [6.45, 7) is 0. The number of hydrogen-bond donors (Lipinski definition) is 0. The van der Waals surface area contributed by atoms with Crippen LogP contribution in [0.15, 0.2) is 24.3 Å². The van der Waals surface area contributed by atoms with Gasteiger partial charge in [-0.15, -0.1) is 0 Å². The Morgan fingerprint density at radius 3 is 2.71 bits per heavy atom. The number of benzene rings is 1. The van der Waals surface area contributed by atoms with Gasteiger partial charge < -0.3 is 0 Å². The molecule has 0 amide bonds. The average molecular weight is 186 g/mol. The van der Waals surface area contributed by atoms with Gasteiger partial charge in [0.15, 0.2) is 0 Å². The second-order valence-electron chi connectivity index (χ2n) is 4.52. The Morgan fingerprint density at radius 1 is 1.07 bits per heavy atom. The van der Waals surface area contributed by atoms with Crippen molar-refractivity contribution < 1.29 is 4.79 Å². The van der Waals surface area contributed by atoms with Gasteiger partial charge in [0, 0.05) is 6.42 Å². The molecule has 1 saturated carbocycles. The van der Waals surface area contributed by atoms with Crippen molar-refractivity contribution in [3.8, 4) is 0 Å². The van der Waals surface area contributed by atoms with Crippen LogP contribution in [0, 0.1) is 0 Å². The van der Waals surface area contributed by atoms with E-state index in [0.29, 0.717) is 5.78 Å². The first-order valence-electron chi connectivity index (χ1n) is 5.45. The monoisotopic (exact) mass is 186 g/mol. The topological polar surface area (TPSA) is 17.1 Å². The number of Topliss-reactive ketones (excluding diaryl/α,β-unsaturated/α-hetero) is 1. The standard InChI is InChI=1S/C13H14O/c14-12-6-3-8-13(12)9-7-10-4-1-2-5-11(10)13/h1-2,4-5H,3,6-9H2. The van der Waals surface area contributed by atoms with Crippen LogP contribution in [0.1, 0.15) is 36.8 Å². The first-order valence-corrected chi connectivity index (χ1v) is 5.45. The fourth-order valence-electron chi connectivity index (χ4n) is 3.17. The molecule has 0 aromatic heterocycles. The molecule has 72 valence electrons. The highest BCUT2D eigenvalue weighted by Crippen LogP contribution is 2.47. The number of hydrogen-bond acceptors (Lipinski definition) is 1. The minimum absolute atomic E-state index is 0.0589. The van der Waals surface area contributed by atoms with E-state index in [1.54, 1.807) is 0 Å². The molecule has 0 N–H and O–H groups in total. The van der Waals surface area contributed by atoms with Gasteiger partial charge in [-0.3, -0.25) is 4.79 Å². The molecule has 0 aliphatic heterocycles. The van der Waals surface area contributed by atoms with E-state index >= 15 is 0 Å². The van der Waals surface area contributed by atoms with E-state index in [4.69, 9.17) is 0 Å². The summed E-state index contributed by atoms with van der Waals surface area (Å²) in [7, 11) is 0. The van der Waals surface area contributed by atoms with Crippen LogP contribution >= 0.6 is 0 Å². The van der Waals surface area contributed by atoms with Gasteiger partial charge in [-0.1, -0.05) is 24.3 Å². The predicted molar refractivity (Wildman–Crippen MR) is 55.3 cm³/mol. The van der Waals surface area contributed by atoms with E-state index in [-0.39, 0.29) is 5.41 Å². The highest BCUT2D eigenvalue weighted by molar-refractivity contribution is 5.93. The zero-order valence-electron chi connectivity index (χ0n) is 8.25. The molecule has 1 nitrogen and oxygen atoms in total. The Bertz CT molecular complexity index is 394. The third-order valence-electron chi connectivity index (χ3n) is 3.90. The molecule has 14 heavy (non-hydrogen) atoms. The highest BCUT2D eigenvalue weighted by Gasteiger charge is 2.46. The summed E-state index contributed by atoms with van der Waals surface area (Å²) >= 11 is 0. The van der Waals surface area contributed by atoms with Crippen molar-refractivity contribution in [3.05, 3.63) is 35.4 Å². The summed E-state index contributed by atoms with van der Waals surface area (Å²) in [5.74, 6) is 0.488. The zero-order valence-corrected chi connectivity index (χ0v) is 8.25. The summed E-state index contributed by atoms with van der Waals surface area (Å²) in [5, 5.41) is 0. The Morgan fingerprint density at radius 2 is 1.93 bits per heavy atom. The normalized spacial score (nSPS) is 29.9. The maximum absolute atomic E-state index is 12.0. The van der Waals surface area contributed by atoms with Crippen LogP contribution in [0.4, 0.5) is 0 Å². The molecular formula is C13H14O. The van der Waals surface area contributed by atoms with Crippen molar-refractivity contribution in [1.29, 1.82) is 0 Å². The van der Waals surface area contributed by atoms with Gasteiger partial charge in [-0.2, -0.15) is 0 Å². The minimum Gasteiger partial charge on any atom is -0.299 e. The SMILES string of the molecule is O=C1CCCC12CCc1ccccc12. The van der Waals surface area contributed by atoms with Crippen molar-refractivity contribution in [3.63, 3.8) is 0 Å². The molecule has 3 rings (SSSR count). The van der Waals surface area contributed by atoms with Gasteiger partial charge in [0.1, 0.15) is 5.78 Å². The van der Waals surface area contributed by atoms with Crippen LogP contribution in [0.25, 0.3) is 0 Å². The van der Waals surface area contributed by atoms with E-state index < -0.39 is 0 Å². The van der Waals surface area contributed by atoms with Crippen molar-refractivity contribution in [2.75, 3.05) is 0 Å². The molecular weight excluding hydrogens is 172 g/mol. The molecule has 1 aromatic carbocycles. The van der Waals surface area contributed by atoms with E-state index in [9.17, 15) is 4.79 Å². The van der Waals surface area contributed by atoms with Crippen molar-refractivity contribution in [1.82, 2.24) is 0 Å². The summed E-state index contributed by atoms with van der Waals surface area (Å²) in [6.07, 6.45) is 5.14. The average Bonchev–Trinajstić information content (AvgIpc) is 2.76. The van der Waals surface area contributed by atoms with Gasteiger partial charge in [0.25, 0.3) is 0 Å². The largest absolute Gasteiger partial charge is 0.299 e. The van der Waals surface area contributed by atoms with Crippen LogP contribution < -0.4 is 0 Å². The van der Waals surface area contributed by atoms with Gasteiger partial charge in [-0.05, 0) is 36.8 Å². The summed E-state index contributed by atoms with van der Waals surface area (Å²) in [4.78, 5) is 12.0. The van der Waals surface area contributed by atoms with E-state index in [1.165, 1.54) is 11.1 Å². The molecule has 0 bridgehead atoms. The van der Waals surface area contributed by atoms with Crippen molar-refractivity contribution in [2.45, 2.75) is 37.5 Å². The smallest absolute Gasteiger partial charge is 0.143 e. The maximum Gasteiger partial charge on any atom is 0.143 e. The Labute approximate surface area is 84.1 Å². The van der Waals surface area contributed by atoms with Crippen molar-refractivity contribution >= 4 is 5.78 Å². The Balaban J connectivity index is 2.17. The van der Waals surface area contributed by atoms with Gasteiger partial charge >= 0.3 is 0 Å². The molecule has 0 heterocycles. The van der Waals surface area contributed by atoms with Gasteiger partial charge in [-0.25, -0.2) is 0 Å². The number of carbonyl (C=O) groups excluding carboxylic acids is 1. The van der Waals surface area contributed by atoms with Crippen molar-refractivity contribution in [2.24, 2.45) is 0 Å². The molecule has 2 aliphatic rings. The number of rotatable bonds is 0. The van der Waals surface area contributed by atoms with Crippen LogP contribution in [-0.4, -0.2) is 5.78 Å². The predicted octanol–water partition coefficient (Wildman–Crippen LogP) is 2.62. The Kier molecular flexibility index (Phi) is 1.58. The number of aryl methyl sites for hydroxylation is 1. The fraction of sp³-hybridized carbons (Fsp3) is 0.462. The van der Waals surface area contributed by atoms with Crippen LogP contribution in [0.5, 0.6) is 0 Å². The number of ketones is 1. The lowest BCUT2D eigenvalue weighted by molar-refractivity contribution is -0.122. The van der Waals surface area contributed by atoms with Crippen LogP contribution in [0.3, 0.4) is 0 Å². The highest BCUT2D eigenvalue weighted by atomic mass is 16.1. The molecule has 1 fully saturated rings. The molecule has 1 atom stereocenters. The first-order chi connectivity index (χ1) is 6.83. The third-order valence-corrected chi connectivity index (χ3v) is 3.90. The number of carbonyl (C=O) groups is 1. The summed E-state index contributed by atoms with van der Waals surface area (Å²) in [5.41, 5.74) is 2.68. The van der Waals surface area contributed by atoms with Gasteiger partial charge in [0.05, 0.1) is 5.41 Å². The third kappa shape index (κ3) is 0.875. The lowest BCUT2D eigenvalue weighted by Crippen LogP contribution is -2.27. The molecule has 0 radical (unpaired) electrons. The molecule has 2 aliphatic carbocycles.